The van der Waals surface area contributed by atoms with Crippen LogP contribution in [0.5, 0.6) is 0 Å². The van der Waals surface area contributed by atoms with Crippen molar-refractivity contribution in [3.05, 3.63) is 12.7 Å². The lowest BCUT2D eigenvalue weighted by atomic mass is 10.4. The van der Waals surface area contributed by atoms with Crippen LogP contribution in [0.3, 0.4) is 0 Å². The van der Waals surface area contributed by atoms with E-state index in [0.29, 0.717) is 0 Å². The minimum atomic E-state index is -0.992. The minimum Gasteiger partial charge on any atom is -0.158 e. The molecule has 0 rings (SSSR count). The lowest BCUT2D eigenvalue weighted by Gasteiger charge is -2.25. The zero-order valence-corrected chi connectivity index (χ0v) is 10.7. The minimum absolute atomic E-state index is 0.740. The Bertz CT molecular complexity index is 126. The van der Waals surface area contributed by atoms with Crippen molar-refractivity contribution in [3.8, 4) is 0 Å². The normalized spacial score (nSPS) is 14.3. The van der Waals surface area contributed by atoms with Crippen LogP contribution < -0.4 is 0 Å². The summed E-state index contributed by atoms with van der Waals surface area (Å²) in [5.41, 5.74) is 0. The predicted molar refractivity (Wildman–Crippen MR) is 64.7 cm³/mol. The van der Waals surface area contributed by atoms with Gasteiger partial charge < -0.3 is 0 Å². The van der Waals surface area contributed by atoms with Crippen LogP contribution in [0.25, 0.3) is 0 Å². The van der Waals surface area contributed by atoms with Gasteiger partial charge in [-0.05, 0) is 12.2 Å². The summed E-state index contributed by atoms with van der Waals surface area (Å²) < 4.78 is 0. The summed E-state index contributed by atoms with van der Waals surface area (Å²) in [6.07, 6.45) is 4.80. The summed E-state index contributed by atoms with van der Waals surface area (Å²) in [5.74, 6) is 1.30. The third-order valence-corrected chi connectivity index (χ3v) is 7.50. The van der Waals surface area contributed by atoms with Gasteiger partial charge in [0.25, 0.3) is 0 Å². The fourth-order valence-corrected chi connectivity index (χ4v) is 4.93. The van der Waals surface area contributed by atoms with E-state index < -0.39 is 8.07 Å². The van der Waals surface area contributed by atoms with E-state index in [1.807, 2.05) is 0 Å². The van der Waals surface area contributed by atoms with E-state index in [1.54, 1.807) is 0 Å². The topological polar surface area (TPSA) is 0 Å². The second-order valence-corrected chi connectivity index (χ2v) is 11.3. The molecule has 0 saturated carbocycles. The van der Waals surface area contributed by atoms with Crippen LogP contribution >= 0.6 is 11.8 Å². The molecule has 0 saturated heterocycles. The molecule has 12 heavy (non-hydrogen) atoms. The van der Waals surface area contributed by atoms with Crippen molar-refractivity contribution < 1.29 is 0 Å². The Labute approximate surface area is 82.8 Å². The van der Waals surface area contributed by atoms with Crippen LogP contribution in [0.2, 0.25) is 19.6 Å². The maximum Gasteiger partial charge on any atom is 0.0634 e. The molecule has 1 unspecified atom stereocenters. The van der Waals surface area contributed by atoms with Crippen molar-refractivity contribution in [2.24, 2.45) is 0 Å². The number of thioether (sulfide) groups is 1. The lowest BCUT2D eigenvalue weighted by Crippen LogP contribution is -2.34. The zero-order chi connectivity index (χ0) is 9.61. The molecule has 0 heterocycles. The van der Waals surface area contributed by atoms with Crippen molar-refractivity contribution >= 4 is 19.8 Å². The molecule has 0 fully saturated rings. The van der Waals surface area contributed by atoms with Crippen LogP contribution in [0.15, 0.2) is 12.7 Å². The molecule has 0 aromatic carbocycles. The standard InChI is InChI=1S/C10H22SSi/c1-6-8-9-11-10(7-2)12(3,4)5/h7,10H,2,6,8-9H2,1,3-5H3. The first kappa shape index (κ1) is 12.3. The molecular formula is C10H22SSi. The van der Waals surface area contributed by atoms with Crippen LogP contribution in [0, 0.1) is 0 Å². The van der Waals surface area contributed by atoms with Gasteiger partial charge in [0.15, 0.2) is 0 Å². The molecule has 72 valence electrons. The van der Waals surface area contributed by atoms with E-state index in [1.165, 1.54) is 18.6 Å². The first-order valence-electron chi connectivity index (χ1n) is 4.76. The number of unbranched alkanes of at least 4 members (excludes halogenated alkanes) is 1. The van der Waals surface area contributed by atoms with Crippen molar-refractivity contribution in [2.75, 3.05) is 5.75 Å². The molecule has 0 bridgehead atoms. The second-order valence-electron chi connectivity index (χ2n) is 4.25. The summed E-state index contributed by atoms with van der Waals surface area (Å²) in [7, 11) is -0.992. The van der Waals surface area contributed by atoms with E-state index in [0.717, 1.165) is 4.87 Å². The average Bonchev–Trinajstić information content (AvgIpc) is 1.95. The van der Waals surface area contributed by atoms with E-state index in [2.05, 4.69) is 51.0 Å². The number of hydrogen-bond donors (Lipinski definition) is 0. The second kappa shape index (κ2) is 5.87. The van der Waals surface area contributed by atoms with Gasteiger partial charge in [0, 0.05) is 4.87 Å². The van der Waals surface area contributed by atoms with Gasteiger partial charge in [0.1, 0.15) is 0 Å². The molecule has 0 aromatic rings. The third kappa shape index (κ3) is 5.04. The molecule has 0 aliphatic rings. The summed E-state index contributed by atoms with van der Waals surface area (Å²) in [6.45, 7) is 13.4. The average molecular weight is 202 g/mol. The number of rotatable bonds is 6. The van der Waals surface area contributed by atoms with E-state index in [9.17, 15) is 0 Å². The highest BCUT2D eigenvalue weighted by molar-refractivity contribution is 8.01. The Morgan fingerprint density at radius 2 is 2.00 bits per heavy atom. The SMILES string of the molecule is C=CC(SCCCC)[Si](C)(C)C. The Kier molecular flexibility index (Phi) is 6.02. The molecule has 0 nitrogen and oxygen atoms in total. The largest absolute Gasteiger partial charge is 0.158 e. The van der Waals surface area contributed by atoms with Crippen molar-refractivity contribution in [2.45, 2.75) is 44.3 Å². The third-order valence-electron chi connectivity index (χ3n) is 1.86. The Balaban J connectivity index is 3.76. The predicted octanol–water partition coefficient (Wildman–Crippen LogP) is 3.95. The Morgan fingerprint density at radius 1 is 1.42 bits per heavy atom. The maximum absolute atomic E-state index is 3.92. The van der Waals surface area contributed by atoms with E-state index >= 15 is 0 Å². The summed E-state index contributed by atoms with van der Waals surface area (Å²) in [4.78, 5) is 0.740. The zero-order valence-electron chi connectivity index (χ0n) is 8.89. The molecule has 0 amide bonds. The monoisotopic (exact) mass is 202 g/mol. The highest BCUT2D eigenvalue weighted by Crippen LogP contribution is 2.23. The molecule has 2 heteroatoms. The van der Waals surface area contributed by atoms with Crippen LogP contribution in [0.1, 0.15) is 19.8 Å². The van der Waals surface area contributed by atoms with Gasteiger partial charge in [-0.25, -0.2) is 0 Å². The summed E-state index contributed by atoms with van der Waals surface area (Å²) in [6, 6.07) is 0. The smallest absolute Gasteiger partial charge is 0.0634 e. The van der Waals surface area contributed by atoms with Gasteiger partial charge in [-0.3, -0.25) is 0 Å². The highest BCUT2D eigenvalue weighted by atomic mass is 32.2. The fraction of sp³-hybridized carbons (Fsp3) is 0.800. The fourth-order valence-electron chi connectivity index (χ4n) is 1.03. The first-order chi connectivity index (χ1) is 5.52. The first-order valence-corrected chi connectivity index (χ1v) is 9.39. The molecule has 0 aromatic heterocycles. The van der Waals surface area contributed by atoms with Crippen molar-refractivity contribution in [1.82, 2.24) is 0 Å². The Hall–Kier alpha value is 0.307. The molecule has 1 atom stereocenters. The summed E-state index contributed by atoms with van der Waals surface area (Å²) in [5, 5.41) is 0. The molecule has 0 radical (unpaired) electrons. The number of hydrogen-bond acceptors (Lipinski definition) is 1. The van der Waals surface area contributed by atoms with E-state index in [4.69, 9.17) is 0 Å². The van der Waals surface area contributed by atoms with E-state index in [-0.39, 0.29) is 0 Å². The van der Waals surface area contributed by atoms with Gasteiger partial charge in [-0.1, -0.05) is 39.1 Å². The highest BCUT2D eigenvalue weighted by Gasteiger charge is 2.23. The van der Waals surface area contributed by atoms with Gasteiger partial charge in [-0.15, -0.1) is 6.58 Å². The molecule has 0 spiro atoms. The van der Waals surface area contributed by atoms with Gasteiger partial charge in [0.2, 0.25) is 0 Å². The van der Waals surface area contributed by atoms with Crippen LogP contribution in [-0.2, 0) is 0 Å². The van der Waals surface area contributed by atoms with Gasteiger partial charge in [0.05, 0.1) is 8.07 Å². The van der Waals surface area contributed by atoms with Crippen molar-refractivity contribution in [1.29, 1.82) is 0 Å². The molecule has 0 N–H and O–H groups in total. The molecular weight excluding hydrogens is 180 g/mol. The van der Waals surface area contributed by atoms with Crippen molar-refractivity contribution in [3.63, 3.8) is 0 Å². The quantitative estimate of drug-likeness (QED) is 0.357. The Morgan fingerprint density at radius 3 is 2.33 bits per heavy atom. The molecule has 0 aliphatic heterocycles. The molecule has 0 aliphatic carbocycles. The van der Waals surface area contributed by atoms with Crippen LogP contribution in [0.4, 0.5) is 0 Å². The van der Waals surface area contributed by atoms with Crippen LogP contribution in [-0.4, -0.2) is 18.7 Å². The summed E-state index contributed by atoms with van der Waals surface area (Å²) >= 11 is 2.10. The maximum atomic E-state index is 3.92. The lowest BCUT2D eigenvalue weighted by molar-refractivity contribution is 0.896. The van der Waals surface area contributed by atoms with Gasteiger partial charge in [-0.2, -0.15) is 11.8 Å². The van der Waals surface area contributed by atoms with Gasteiger partial charge >= 0.3 is 0 Å².